The number of hydrogen-bond donors (Lipinski definition) is 1. The number of nitrogens with one attached hydrogen (secondary N) is 1. The molecule has 6 heteroatoms. The van der Waals surface area contributed by atoms with Crippen LogP contribution < -0.4 is 5.32 Å². The van der Waals surface area contributed by atoms with E-state index >= 15 is 0 Å². The van der Waals surface area contributed by atoms with E-state index in [4.69, 9.17) is 28.2 Å². The van der Waals surface area contributed by atoms with Crippen LogP contribution in [0.5, 0.6) is 0 Å². The lowest BCUT2D eigenvalue weighted by Gasteiger charge is -2.11. The number of unbranched alkanes of at least 4 members (excludes halogenated alkanes) is 2. The van der Waals surface area contributed by atoms with Gasteiger partial charge < -0.3 is 9.88 Å². The molecule has 0 spiro atoms. The van der Waals surface area contributed by atoms with Crippen molar-refractivity contribution in [3.8, 4) is 0 Å². The average Bonchev–Trinajstić information content (AvgIpc) is 3.04. The number of halogens is 2. The van der Waals surface area contributed by atoms with Crippen molar-refractivity contribution in [2.24, 2.45) is 0 Å². The van der Waals surface area contributed by atoms with E-state index in [1.165, 1.54) is 0 Å². The van der Waals surface area contributed by atoms with E-state index in [0.717, 1.165) is 61.1 Å². The van der Waals surface area contributed by atoms with Crippen LogP contribution in [-0.4, -0.2) is 22.0 Å². The Morgan fingerprint density at radius 2 is 1.93 bits per heavy atom. The fraction of sp³-hybridized carbons (Fsp3) is 0.391. The lowest BCUT2D eigenvalue weighted by molar-refractivity contribution is -0.121. The maximum absolute atomic E-state index is 11.5. The van der Waals surface area contributed by atoms with Gasteiger partial charge in [0.2, 0.25) is 5.91 Å². The van der Waals surface area contributed by atoms with Crippen LogP contribution in [0.4, 0.5) is 0 Å². The molecule has 3 rings (SSSR count). The highest BCUT2D eigenvalue weighted by atomic mass is 35.5. The molecule has 154 valence electrons. The summed E-state index contributed by atoms with van der Waals surface area (Å²) in [5.74, 6) is 1.21. The van der Waals surface area contributed by atoms with Gasteiger partial charge in [-0.2, -0.15) is 0 Å². The Morgan fingerprint density at radius 3 is 2.72 bits per heavy atom. The van der Waals surface area contributed by atoms with Crippen LogP contribution in [0.3, 0.4) is 0 Å². The minimum Gasteiger partial charge on any atom is -0.356 e. The van der Waals surface area contributed by atoms with E-state index < -0.39 is 0 Å². The first-order valence-corrected chi connectivity index (χ1v) is 11.0. The Bertz CT molecular complexity index is 968. The molecule has 3 aromatic rings. The summed E-state index contributed by atoms with van der Waals surface area (Å²) in [6.45, 7) is 3.43. The Kier molecular flexibility index (Phi) is 7.96. The van der Waals surface area contributed by atoms with Crippen molar-refractivity contribution in [1.82, 2.24) is 14.9 Å². The maximum Gasteiger partial charge on any atom is 0.219 e. The smallest absolute Gasteiger partial charge is 0.219 e. The minimum absolute atomic E-state index is 0.147. The van der Waals surface area contributed by atoms with Crippen LogP contribution in [0, 0.1) is 0 Å². The largest absolute Gasteiger partial charge is 0.356 e. The zero-order valence-electron chi connectivity index (χ0n) is 16.8. The molecule has 2 aromatic carbocycles. The molecule has 0 fully saturated rings. The van der Waals surface area contributed by atoms with Gasteiger partial charge in [0.05, 0.1) is 17.6 Å². The van der Waals surface area contributed by atoms with E-state index in [9.17, 15) is 4.79 Å². The number of aryl methyl sites for hydroxylation is 1. The van der Waals surface area contributed by atoms with Gasteiger partial charge in [0.25, 0.3) is 0 Å². The number of nitrogens with zero attached hydrogens (tertiary/aromatic N) is 2. The first-order valence-electron chi connectivity index (χ1n) is 10.2. The van der Waals surface area contributed by atoms with Gasteiger partial charge >= 0.3 is 0 Å². The van der Waals surface area contributed by atoms with E-state index in [0.29, 0.717) is 23.0 Å². The first-order chi connectivity index (χ1) is 14.1. The predicted molar refractivity (Wildman–Crippen MR) is 121 cm³/mol. The number of rotatable bonds is 10. The lowest BCUT2D eigenvalue weighted by Crippen LogP contribution is -2.23. The van der Waals surface area contributed by atoms with Crippen molar-refractivity contribution < 1.29 is 4.79 Å². The lowest BCUT2D eigenvalue weighted by atomic mass is 10.1. The Balaban J connectivity index is 1.65. The van der Waals surface area contributed by atoms with Crippen LogP contribution in [0.1, 0.15) is 50.4 Å². The number of fused-ring (bicyclic) bond motifs is 1. The summed E-state index contributed by atoms with van der Waals surface area (Å²) in [6.07, 6.45) is 5.46. The number of benzene rings is 2. The molecule has 1 N–H and O–H groups in total. The highest BCUT2D eigenvalue weighted by Gasteiger charge is 2.12. The van der Waals surface area contributed by atoms with Gasteiger partial charge in [-0.3, -0.25) is 4.79 Å². The van der Waals surface area contributed by atoms with Crippen LogP contribution >= 0.6 is 23.2 Å². The fourth-order valence-corrected chi connectivity index (χ4v) is 3.91. The van der Waals surface area contributed by atoms with Gasteiger partial charge in [-0.15, -0.1) is 0 Å². The van der Waals surface area contributed by atoms with Crippen molar-refractivity contribution in [2.45, 2.75) is 52.0 Å². The molecule has 0 saturated heterocycles. The van der Waals surface area contributed by atoms with Crippen LogP contribution in [0.25, 0.3) is 11.0 Å². The van der Waals surface area contributed by atoms with E-state index in [1.807, 2.05) is 37.3 Å². The molecule has 0 atom stereocenters. The third-order valence-corrected chi connectivity index (χ3v) is 5.54. The Morgan fingerprint density at radius 1 is 1.10 bits per heavy atom. The quantitative estimate of drug-likeness (QED) is 0.398. The molecule has 0 saturated carbocycles. The van der Waals surface area contributed by atoms with E-state index in [2.05, 4.69) is 16.0 Å². The summed E-state index contributed by atoms with van der Waals surface area (Å²) in [6, 6.07) is 13.8. The topological polar surface area (TPSA) is 46.9 Å². The minimum atomic E-state index is 0.147. The molecule has 1 aromatic heterocycles. The molecular formula is C23H27Cl2N3O. The average molecular weight is 432 g/mol. The van der Waals surface area contributed by atoms with Crippen molar-refractivity contribution in [3.63, 3.8) is 0 Å². The van der Waals surface area contributed by atoms with Crippen molar-refractivity contribution >= 4 is 40.1 Å². The third kappa shape index (κ3) is 5.97. The maximum atomic E-state index is 11.5. The molecule has 4 nitrogen and oxygen atoms in total. The SMILES string of the molecule is CCCC(=O)NCCCCCc1nc2ccccc2n1Cc1ccc(Cl)cc1Cl. The number of amides is 1. The number of aromatic nitrogens is 2. The molecule has 0 aliphatic carbocycles. The molecule has 0 radical (unpaired) electrons. The number of para-hydroxylation sites is 2. The second-order valence-corrected chi connectivity index (χ2v) is 8.09. The van der Waals surface area contributed by atoms with Gasteiger partial charge in [0, 0.05) is 29.4 Å². The summed E-state index contributed by atoms with van der Waals surface area (Å²) in [7, 11) is 0. The van der Waals surface area contributed by atoms with Crippen molar-refractivity contribution in [1.29, 1.82) is 0 Å². The Hall–Kier alpha value is -2.04. The molecule has 1 heterocycles. The first kappa shape index (κ1) is 21.7. The Labute approximate surface area is 182 Å². The second-order valence-electron chi connectivity index (χ2n) is 7.25. The summed E-state index contributed by atoms with van der Waals surface area (Å²) in [4.78, 5) is 16.4. The number of hydrogen-bond acceptors (Lipinski definition) is 2. The fourth-order valence-electron chi connectivity index (χ4n) is 3.44. The molecule has 0 unspecified atom stereocenters. The van der Waals surface area contributed by atoms with Gasteiger partial charge in [0.15, 0.2) is 0 Å². The van der Waals surface area contributed by atoms with Crippen molar-refractivity contribution in [3.05, 3.63) is 63.9 Å². The summed E-state index contributed by atoms with van der Waals surface area (Å²) in [5.41, 5.74) is 3.14. The number of carbonyl (C=O) groups is 1. The van der Waals surface area contributed by atoms with Crippen LogP contribution in [0.15, 0.2) is 42.5 Å². The molecule has 0 aliphatic rings. The summed E-state index contributed by atoms with van der Waals surface area (Å²) in [5, 5.41) is 4.28. The van der Waals surface area contributed by atoms with E-state index in [-0.39, 0.29) is 5.91 Å². The molecular weight excluding hydrogens is 405 g/mol. The molecule has 1 amide bonds. The number of carbonyl (C=O) groups excluding carboxylic acids is 1. The van der Waals surface area contributed by atoms with E-state index in [1.54, 1.807) is 6.07 Å². The predicted octanol–water partition coefficient (Wildman–Crippen LogP) is 6.02. The van der Waals surface area contributed by atoms with Gasteiger partial charge in [-0.05, 0) is 49.1 Å². The van der Waals surface area contributed by atoms with Gasteiger partial charge in [0.1, 0.15) is 5.82 Å². The highest BCUT2D eigenvalue weighted by molar-refractivity contribution is 6.35. The van der Waals surface area contributed by atoms with Crippen LogP contribution in [0.2, 0.25) is 10.0 Å². The zero-order valence-corrected chi connectivity index (χ0v) is 18.3. The van der Waals surface area contributed by atoms with Gasteiger partial charge in [-0.1, -0.05) is 54.7 Å². The summed E-state index contributed by atoms with van der Waals surface area (Å²) < 4.78 is 2.24. The highest BCUT2D eigenvalue weighted by Crippen LogP contribution is 2.25. The molecule has 29 heavy (non-hydrogen) atoms. The van der Waals surface area contributed by atoms with Crippen LogP contribution in [-0.2, 0) is 17.8 Å². The molecule has 0 bridgehead atoms. The van der Waals surface area contributed by atoms with Gasteiger partial charge in [-0.25, -0.2) is 4.98 Å². The summed E-state index contributed by atoms with van der Waals surface area (Å²) >= 11 is 12.4. The monoisotopic (exact) mass is 431 g/mol. The second kappa shape index (κ2) is 10.7. The third-order valence-electron chi connectivity index (χ3n) is 4.95. The zero-order chi connectivity index (χ0) is 20.6. The van der Waals surface area contributed by atoms with Crippen molar-refractivity contribution in [2.75, 3.05) is 6.54 Å². The standard InChI is InChI=1S/C23H27Cl2N3O/c1-2-8-23(29)26-14-7-3-4-11-22-27-20-9-5-6-10-21(20)28(22)16-17-12-13-18(24)15-19(17)25/h5-6,9-10,12-13,15H,2-4,7-8,11,14,16H2,1H3,(H,26,29). The number of imidazole rings is 1. The molecule has 0 aliphatic heterocycles. The normalized spacial score (nSPS) is 11.1.